The quantitative estimate of drug-likeness (QED) is 0.101. The third kappa shape index (κ3) is 12.8. The average Bonchev–Trinajstić information content (AvgIpc) is 4.19. The van der Waals surface area contributed by atoms with Crippen LogP contribution in [0, 0.1) is 5.92 Å². The molecule has 1 unspecified atom stereocenters. The van der Waals surface area contributed by atoms with Crippen molar-refractivity contribution < 1.29 is 38.7 Å². The summed E-state index contributed by atoms with van der Waals surface area (Å²) in [6.45, 7) is 3.77. The van der Waals surface area contributed by atoms with Crippen molar-refractivity contribution in [1.82, 2.24) is 46.5 Å². The number of aromatic nitrogens is 3. The summed E-state index contributed by atoms with van der Waals surface area (Å²) in [5.74, 6) is -5.34. The van der Waals surface area contributed by atoms with Crippen LogP contribution in [0.1, 0.15) is 76.8 Å². The number of nitrogens with one attached hydrogen (secondary N) is 5. The monoisotopic (exact) mass is 981 g/mol. The molecular weight excluding hydrogens is 923 g/mol. The Bertz CT molecular complexity index is 2620. The Kier molecular flexibility index (Phi) is 16.9. The van der Waals surface area contributed by atoms with Gasteiger partial charge < -0.3 is 42.7 Å². The standard InChI is InChI=1S/C48H59N11O8S2/c1-3-27(2)43-48(67)58-24-31(59-25-36(56-57-59)28-13-15-29(16-14-28)38-12-8-20-68-38)22-37(58)47(66)54-34(21-30-26-69-39-11-5-4-9-32(30)39)45(64)53-33(44(50)63)10-6-7-19-51-41(61)17-18-42(62)52-35(23-40(49)60)46(65)55-43/h4-5,8-9,11-16,20,25-27,31,33-35,37,43,45,53,64H,3,6-7,10,17-19,21-24H2,1-2H3,(H2,49,60)(H2,50,63)(H,51,61)(H,52,62)(H,54,66)(H,55,65)/t27-,31-,33-,34-,35-,37-,43-,45?/m0/s1. The van der Waals surface area contributed by atoms with Gasteiger partial charge in [0.2, 0.25) is 41.4 Å². The predicted molar refractivity (Wildman–Crippen MR) is 261 cm³/mol. The molecule has 21 heteroatoms. The molecule has 0 radical (unpaired) electrons. The topological polar surface area (TPSA) is 286 Å². The highest BCUT2D eigenvalue weighted by atomic mass is 32.1. The van der Waals surface area contributed by atoms with Gasteiger partial charge in [-0.25, -0.2) is 4.68 Å². The zero-order valence-electron chi connectivity index (χ0n) is 38.5. The molecule has 366 valence electrons. The largest absolute Gasteiger partial charge is 0.376 e. The van der Waals surface area contributed by atoms with Gasteiger partial charge in [-0.3, -0.25) is 38.9 Å². The highest BCUT2D eigenvalue weighted by molar-refractivity contribution is 7.17. The normalized spacial score (nSPS) is 24.4. The van der Waals surface area contributed by atoms with Crippen molar-refractivity contribution >= 4 is 74.1 Å². The Labute approximate surface area is 407 Å². The molecular formula is C48H59N11O8S2. The second-order valence-electron chi connectivity index (χ2n) is 17.7. The van der Waals surface area contributed by atoms with E-state index in [1.807, 2.05) is 78.3 Å². The van der Waals surface area contributed by atoms with Gasteiger partial charge >= 0.3 is 0 Å². The molecule has 2 fully saturated rings. The van der Waals surface area contributed by atoms with Gasteiger partial charge in [0.15, 0.2) is 0 Å². The van der Waals surface area contributed by atoms with E-state index in [1.165, 1.54) is 16.2 Å². The third-order valence-corrected chi connectivity index (χ3v) is 14.7. The fraction of sp³-hybridized carbons (Fsp3) is 0.438. The number of thiophene rings is 2. The highest BCUT2D eigenvalue weighted by Gasteiger charge is 2.45. The zero-order chi connectivity index (χ0) is 49.2. The van der Waals surface area contributed by atoms with E-state index in [1.54, 1.807) is 29.1 Å². The molecule has 5 aromatic rings. The van der Waals surface area contributed by atoms with Crippen molar-refractivity contribution in [3.63, 3.8) is 0 Å². The van der Waals surface area contributed by atoms with Crippen molar-refractivity contribution in [2.75, 3.05) is 13.1 Å². The van der Waals surface area contributed by atoms with E-state index in [2.05, 4.69) is 36.9 Å². The number of carbonyl (C=O) groups excluding carboxylic acids is 7. The summed E-state index contributed by atoms with van der Waals surface area (Å²) in [6.07, 6.45) is 0.750. The maximum Gasteiger partial charge on any atom is 0.246 e. The summed E-state index contributed by atoms with van der Waals surface area (Å²) in [4.78, 5) is 97.3. The first-order valence-corrected chi connectivity index (χ1v) is 24.9. The third-order valence-electron chi connectivity index (χ3n) is 12.8. The van der Waals surface area contributed by atoms with E-state index in [0.717, 1.165) is 31.7 Å². The van der Waals surface area contributed by atoms with Crippen LogP contribution in [0.15, 0.2) is 77.6 Å². The Morgan fingerprint density at radius 1 is 0.899 bits per heavy atom. The number of aliphatic hydroxyl groups is 1. The van der Waals surface area contributed by atoms with E-state index in [-0.39, 0.29) is 45.2 Å². The molecule has 2 saturated heterocycles. The lowest BCUT2D eigenvalue weighted by atomic mass is 9.96. The van der Waals surface area contributed by atoms with Crippen LogP contribution in [0.4, 0.5) is 0 Å². The van der Waals surface area contributed by atoms with Gasteiger partial charge in [0.05, 0.1) is 30.7 Å². The molecule has 7 rings (SSSR count). The van der Waals surface area contributed by atoms with Gasteiger partial charge in [0.1, 0.15) is 30.0 Å². The number of fused-ring (bicyclic) bond motifs is 2. The second kappa shape index (κ2) is 23.2. The number of amides is 7. The summed E-state index contributed by atoms with van der Waals surface area (Å²) in [7, 11) is 0. The van der Waals surface area contributed by atoms with Gasteiger partial charge in [-0.05, 0) is 71.0 Å². The fourth-order valence-corrected chi connectivity index (χ4v) is 10.4. The van der Waals surface area contributed by atoms with Crippen molar-refractivity contribution in [3.05, 3.63) is 83.2 Å². The van der Waals surface area contributed by atoms with E-state index in [9.17, 15) is 33.9 Å². The summed E-state index contributed by atoms with van der Waals surface area (Å²) in [5, 5.41) is 39.7. The molecule has 69 heavy (non-hydrogen) atoms. The maximum atomic E-state index is 15.1. The molecule has 2 aliphatic rings. The number of hydrogen-bond donors (Lipinski definition) is 8. The summed E-state index contributed by atoms with van der Waals surface area (Å²) < 4.78 is 2.61. The van der Waals surface area contributed by atoms with E-state index in [4.69, 9.17) is 11.5 Å². The van der Waals surface area contributed by atoms with Crippen molar-refractivity contribution in [2.45, 2.75) is 114 Å². The van der Waals surface area contributed by atoms with Gasteiger partial charge in [-0.1, -0.05) is 74.0 Å². The Balaban J connectivity index is 1.24. The van der Waals surface area contributed by atoms with Crippen molar-refractivity contribution in [1.29, 1.82) is 0 Å². The molecule has 19 nitrogen and oxygen atoms in total. The van der Waals surface area contributed by atoms with Gasteiger partial charge in [-0.15, -0.1) is 27.8 Å². The molecule has 5 heterocycles. The van der Waals surface area contributed by atoms with Crippen molar-refractivity contribution in [3.8, 4) is 21.7 Å². The number of aliphatic hydroxyl groups excluding tert-OH is 1. The minimum atomic E-state index is -1.50. The molecule has 8 atom stereocenters. The van der Waals surface area contributed by atoms with Crippen LogP contribution in [-0.2, 0) is 40.0 Å². The molecule has 7 amide bonds. The maximum absolute atomic E-state index is 15.1. The Hall–Kier alpha value is -6.55. The Morgan fingerprint density at radius 3 is 2.38 bits per heavy atom. The SMILES string of the molecule is CC[C@H](C)[C@@H]1NC(=O)[C@H](CC(N)=O)NC(=O)CCC(=O)NCCCC[C@@H](C(N)=O)NC(O)[C@H](Cc2csc3ccccc23)NC(=O)[C@@H]2C[C@H](n3cc(-c4ccc(-c5cccs5)cc4)nn3)CN2C1=O. The molecule has 0 spiro atoms. The van der Waals surface area contributed by atoms with Crippen LogP contribution in [0.5, 0.6) is 0 Å². The van der Waals surface area contributed by atoms with Crippen LogP contribution in [-0.4, -0.2) is 116 Å². The predicted octanol–water partition coefficient (Wildman–Crippen LogP) is 2.49. The first-order chi connectivity index (χ1) is 33.2. The first-order valence-electron chi connectivity index (χ1n) is 23.2. The molecule has 3 aromatic heterocycles. The first kappa shape index (κ1) is 50.3. The number of benzene rings is 2. The van der Waals surface area contributed by atoms with Crippen LogP contribution in [0.25, 0.3) is 31.8 Å². The van der Waals surface area contributed by atoms with Crippen LogP contribution in [0.3, 0.4) is 0 Å². The fourth-order valence-electron chi connectivity index (χ4n) is 8.72. The lowest BCUT2D eigenvalue weighted by Gasteiger charge is -2.33. The second-order valence-corrected chi connectivity index (χ2v) is 19.5. The van der Waals surface area contributed by atoms with Crippen LogP contribution >= 0.6 is 22.7 Å². The number of nitrogens with zero attached hydrogens (tertiary/aromatic N) is 4. The molecule has 0 saturated carbocycles. The molecule has 2 aromatic carbocycles. The van der Waals surface area contributed by atoms with Gasteiger partial charge in [0.25, 0.3) is 0 Å². The summed E-state index contributed by atoms with van der Waals surface area (Å²) in [6, 6.07) is 13.1. The summed E-state index contributed by atoms with van der Waals surface area (Å²) in [5.41, 5.74) is 14.6. The molecule has 0 bridgehead atoms. The van der Waals surface area contributed by atoms with E-state index >= 15 is 4.79 Å². The van der Waals surface area contributed by atoms with E-state index in [0.29, 0.717) is 25.0 Å². The number of carbonyl (C=O) groups is 7. The van der Waals surface area contributed by atoms with Crippen LogP contribution < -0.4 is 38.1 Å². The van der Waals surface area contributed by atoms with E-state index < -0.39 is 96.2 Å². The molecule has 0 aliphatic carbocycles. The summed E-state index contributed by atoms with van der Waals surface area (Å²) >= 11 is 3.14. The van der Waals surface area contributed by atoms with Gasteiger partial charge in [0, 0.05) is 47.5 Å². The van der Waals surface area contributed by atoms with Crippen LogP contribution in [0.2, 0.25) is 0 Å². The minimum Gasteiger partial charge on any atom is -0.376 e. The molecule has 2 aliphatic heterocycles. The number of rotatable bonds is 10. The zero-order valence-corrected chi connectivity index (χ0v) is 40.1. The lowest BCUT2D eigenvalue weighted by molar-refractivity contribution is -0.143. The van der Waals surface area contributed by atoms with Crippen molar-refractivity contribution in [2.24, 2.45) is 17.4 Å². The molecule has 10 N–H and O–H groups in total. The minimum absolute atomic E-state index is 0.0340. The lowest BCUT2D eigenvalue weighted by Crippen LogP contribution is -2.61. The Morgan fingerprint density at radius 2 is 1.65 bits per heavy atom. The average molecular weight is 982 g/mol. The van der Waals surface area contributed by atoms with Gasteiger partial charge in [-0.2, -0.15) is 0 Å². The number of primary amides is 2. The number of nitrogens with two attached hydrogens (primary N) is 2. The highest BCUT2D eigenvalue weighted by Crippen LogP contribution is 2.33. The smallest absolute Gasteiger partial charge is 0.246 e. The number of hydrogen-bond acceptors (Lipinski definition) is 13.